The monoisotopic (exact) mass is 368 g/mol. The molecule has 2 heterocycles. The van der Waals surface area contributed by atoms with Crippen LogP contribution in [0.4, 0.5) is 5.82 Å². The first-order valence-corrected chi connectivity index (χ1v) is 9.41. The fourth-order valence-corrected chi connectivity index (χ4v) is 3.87. The van der Waals surface area contributed by atoms with Crippen LogP contribution >= 0.6 is 11.6 Å². The Morgan fingerprint density at radius 3 is 2.81 bits per heavy atom. The van der Waals surface area contributed by atoms with Crippen molar-refractivity contribution in [1.29, 1.82) is 0 Å². The van der Waals surface area contributed by atoms with Crippen LogP contribution in [-0.4, -0.2) is 26.9 Å². The number of hydrogen-bond acceptors (Lipinski definition) is 4. The molecule has 6 heteroatoms. The Labute approximate surface area is 157 Å². The smallest absolute Gasteiger partial charge is 0.154 e. The number of aldehydes is 1. The summed E-state index contributed by atoms with van der Waals surface area (Å²) >= 11 is 6.12. The van der Waals surface area contributed by atoms with E-state index in [-0.39, 0.29) is 0 Å². The zero-order valence-electron chi connectivity index (χ0n) is 14.4. The molecule has 1 aliphatic rings. The van der Waals surface area contributed by atoms with Gasteiger partial charge in [-0.15, -0.1) is 5.10 Å². The number of anilines is 1. The van der Waals surface area contributed by atoms with Gasteiger partial charge in [-0.2, -0.15) is 0 Å². The molecule has 134 valence electrons. The van der Waals surface area contributed by atoms with E-state index < -0.39 is 0 Å². The number of hydrogen-bond donors (Lipinski definition) is 1. The zero-order chi connectivity index (χ0) is 17.9. The Bertz CT molecular complexity index is 915. The molecular formula is C20H21ClN4O. The van der Waals surface area contributed by atoms with Crippen LogP contribution in [0.5, 0.6) is 0 Å². The van der Waals surface area contributed by atoms with E-state index in [0.717, 1.165) is 54.7 Å². The Kier molecular flexibility index (Phi) is 4.89. The molecule has 2 aromatic heterocycles. The largest absolute Gasteiger partial charge is 0.366 e. The quantitative estimate of drug-likeness (QED) is 0.668. The Hall–Kier alpha value is -2.40. The average Bonchev–Trinajstić information content (AvgIpc) is 3.07. The SMILES string of the molecule is O=CCC1CCC(Nc2ccc3ncc(-c4cccc(Cl)c4)n3n2)CC1. The average molecular weight is 369 g/mol. The van der Waals surface area contributed by atoms with E-state index in [1.165, 1.54) is 0 Å². The molecule has 0 spiro atoms. The third-order valence-corrected chi connectivity index (χ3v) is 5.35. The summed E-state index contributed by atoms with van der Waals surface area (Å²) in [5, 5.41) is 8.97. The van der Waals surface area contributed by atoms with Gasteiger partial charge in [0.1, 0.15) is 12.1 Å². The second kappa shape index (κ2) is 7.46. The molecule has 3 aromatic rings. The van der Waals surface area contributed by atoms with Crippen molar-refractivity contribution in [3.63, 3.8) is 0 Å². The van der Waals surface area contributed by atoms with Crippen LogP contribution in [0.2, 0.25) is 5.02 Å². The van der Waals surface area contributed by atoms with Gasteiger partial charge in [0.2, 0.25) is 0 Å². The van der Waals surface area contributed by atoms with Gasteiger partial charge in [0.05, 0.1) is 11.9 Å². The predicted octanol–water partition coefficient (Wildman–Crippen LogP) is 4.61. The van der Waals surface area contributed by atoms with Crippen LogP contribution in [0.25, 0.3) is 16.9 Å². The molecule has 4 rings (SSSR count). The maximum atomic E-state index is 10.7. The molecule has 1 aliphatic carbocycles. The standard InChI is InChI=1S/C20H21ClN4O/c21-16-3-1-2-15(12-16)18-13-22-20-9-8-19(24-25(18)20)23-17-6-4-14(5-7-17)10-11-26/h1-3,8-9,11-14,17H,4-7,10H2,(H,23,24). The predicted molar refractivity (Wildman–Crippen MR) is 103 cm³/mol. The Morgan fingerprint density at radius 2 is 2.04 bits per heavy atom. The first-order chi connectivity index (χ1) is 12.7. The van der Waals surface area contributed by atoms with Gasteiger partial charge in [-0.1, -0.05) is 23.7 Å². The summed E-state index contributed by atoms with van der Waals surface area (Å²) in [5.74, 6) is 1.39. The highest BCUT2D eigenvalue weighted by molar-refractivity contribution is 6.30. The highest BCUT2D eigenvalue weighted by atomic mass is 35.5. The van der Waals surface area contributed by atoms with E-state index in [2.05, 4.69) is 10.3 Å². The van der Waals surface area contributed by atoms with Gasteiger partial charge in [-0.05, 0) is 55.9 Å². The fraction of sp³-hybridized carbons (Fsp3) is 0.350. The number of fused-ring (bicyclic) bond motifs is 1. The van der Waals surface area contributed by atoms with Gasteiger partial charge in [0.15, 0.2) is 5.65 Å². The lowest BCUT2D eigenvalue weighted by atomic mass is 9.84. The number of nitrogens with one attached hydrogen (secondary N) is 1. The normalized spacial score (nSPS) is 20.2. The number of carbonyl (C=O) groups excluding carboxylic acids is 1. The maximum absolute atomic E-state index is 10.7. The van der Waals surface area contributed by atoms with Crippen molar-refractivity contribution in [2.75, 3.05) is 5.32 Å². The molecule has 0 saturated heterocycles. The molecule has 0 unspecified atom stereocenters. The number of aromatic nitrogens is 3. The summed E-state index contributed by atoms with van der Waals surface area (Å²) in [6.07, 6.45) is 7.89. The summed E-state index contributed by atoms with van der Waals surface area (Å²) in [6, 6.07) is 12.1. The van der Waals surface area contributed by atoms with E-state index in [9.17, 15) is 4.79 Å². The summed E-state index contributed by atoms with van der Waals surface area (Å²) in [4.78, 5) is 15.1. The van der Waals surface area contributed by atoms with E-state index >= 15 is 0 Å². The highest BCUT2D eigenvalue weighted by Gasteiger charge is 2.21. The zero-order valence-corrected chi connectivity index (χ0v) is 15.2. The van der Waals surface area contributed by atoms with Gasteiger partial charge in [0.25, 0.3) is 0 Å². The van der Waals surface area contributed by atoms with Crippen LogP contribution in [-0.2, 0) is 4.79 Å². The van der Waals surface area contributed by atoms with Crippen molar-refractivity contribution in [2.45, 2.75) is 38.1 Å². The van der Waals surface area contributed by atoms with Gasteiger partial charge < -0.3 is 10.1 Å². The van der Waals surface area contributed by atoms with E-state index in [4.69, 9.17) is 16.7 Å². The first-order valence-electron chi connectivity index (χ1n) is 9.04. The number of imidazole rings is 1. The second-order valence-electron chi connectivity index (χ2n) is 6.91. The van der Waals surface area contributed by atoms with E-state index in [0.29, 0.717) is 23.4 Å². The number of benzene rings is 1. The number of carbonyl (C=O) groups is 1. The lowest BCUT2D eigenvalue weighted by molar-refractivity contribution is -0.108. The summed E-state index contributed by atoms with van der Waals surface area (Å²) in [6.45, 7) is 0. The van der Waals surface area contributed by atoms with Gasteiger partial charge in [-0.3, -0.25) is 0 Å². The highest BCUT2D eigenvalue weighted by Crippen LogP contribution is 2.28. The topological polar surface area (TPSA) is 59.3 Å². The molecule has 1 aromatic carbocycles. The molecule has 5 nitrogen and oxygen atoms in total. The minimum Gasteiger partial charge on any atom is -0.366 e. The first kappa shape index (κ1) is 17.0. The summed E-state index contributed by atoms with van der Waals surface area (Å²) in [5.41, 5.74) is 2.71. The Morgan fingerprint density at radius 1 is 1.19 bits per heavy atom. The van der Waals surface area contributed by atoms with Crippen molar-refractivity contribution in [3.05, 3.63) is 47.6 Å². The van der Waals surface area contributed by atoms with E-state index in [1.807, 2.05) is 47.1 Å². The molecule has 0 aliphatic heterocycles. The minimum atomic E-state index is 0.404. The summed E-state index contributed by atoms with van der Waals surface area (Å²) in [7, 11) is 0. The fourth-order valence-electron chi connectivity index (χ4n) is 3.68. The minimum absolute atomic E-state index is 0.404. The second-order valence-corrected chi connectivity index (χ2v) is 7.34. The molecule has 26 heavy (non-hydrogen) atoms. The molecule has 1 fully saturated rings. The van der Waals surface area contributed by atoms with Gasteiger partial charge in [-0.25, -0.2) is 9.50 Å². The molecule has 1 N–H and O–H groups in total. The molecule has 0 radical (unpaired) electrons. The number of halogens is 1. The van der Waals surface area contributed by atoms with Crippen LogP contribution in [0, 0.1) is 5.92 Å². The molecule has 0 amide bonds. The van der Waals surface area contributed by atoms with Crippen LogP contribution in [0.1, 0.15) is 32.1 Å². The third kappa shape index (κ3) is 3.58. The molecule has 1 saturated carbocycles. The lowest BCUT2D eigenvalue weighted by Crippen LogP contribution is -2.26. The van der Waals surface area contributed by atoms with Crippen LogP contribution in [0.15, 0.2) is 42.6 Å². The number of rotatable bonds is 5. The maximum Gasteiger partial charge on any atom is 0.154 e. The third-order valence-electron chi connectivity index (χ3n) is 5.11. The van der Waals surface area contributed by atoms with Crippen LogP contribution in [0.3, 0.4) is 0 Å². The summed E-state index contributed by atoms with van der Waals surface area (Å²) < 4.78 is 1.85. The van der Waals surface area contributed by atoms with Crippen molar-refractivity contribution in [3.8, 4) is 11.3 Å². The lowest BCUT2D eigenvalue weighted by Gasteiger charge is -2.28. The van der Waals surface area contributed by atoms with Crippen molar-refractivity contribution in [2.24, 2.45) is 5.92 Å². The molecule has 0 atom stereocenters. The van der Waals surface area contributed by atoms with E-state index in [1.54, 1.807) is 0 Å². The van der Waals surface area contributed by atoms with Crippen LogP contribution < -0.4 is 5.32 Å². The molecular weight excluding hydrogens is 348 g/mol. The van der Waals surface area contributed by atoms with Gasteiger partial charge in [0, 0.05) is 23.0 Å². The van der Waals surface area contributed by atoms with Crippen molar-refractivity contribution >= 4 is 29.4 Å². The molecule has 0 bridgehead atoms. The number of nitrogens with zero attached hydrogens (tertiary/aromatic N) is 3. The van der Waals surface area contributed by atoms with Gasteiger partial charge >= 0.3 is 0 Å². The van der Waals surface area contributed by atoms with Crippen molar-refractivity contribution < 1.29 is 4.79 Å². The Balaban J connectivity index is 1.54. The van der Waals surface area contributed by atoms with Crippen molar-refractivity contribution in [1.82, 2.24) is 14.6 Å².